The molecule has 0 radical (unpaired) electrons. The Balaban J connectivity index is 1.43. The van der Waals surface area contributed by atoms with Crippen LogP contribution in [0.5, 0.6) is 0 Å². The number of aliphatic hydroxyl groups is 1. The van der Waals surface area contributed by atoms with Gasteiger partial charge in [-0.05, 0) is 117 Å². The molecular weight excluding hydrogens is 518 g/mol. The number of amides is 1. The minimum atomic E-state index is -1.74. The second kappa shape index (κ2) is 9.82. The molecule has 0 aromatic heterocycles. The van der Waals surface area contributed by atoms with E-state index in [4.69, 9.17) is 15.6 Å². The van der Waals surface area contributed by atoms with E-state index in [0.29, 0.717) is 23.7 Å². The third kappa shape index (κ3) is 4.17. The summed E-state index contributed by atoms with van der Waals surface area (Å²) in [6.07, 6.45) is 7.42. The Kier molecular flexibility index (Phi) is 7.32. The average molecular weight is 572 g/mol. The molecule has 0 saturated heterocycles. The number of rotatable bonds is 6. The van der Waals surface area contributed by atoms with Crippen LogP contribution < -0.4 is 5.73 Å². The lowest BCUT2D eigenvalue weighted by molar-refractivity contribution is -0.249. The second-order valence-electron chi connectivity index (χ2n) is 16.1. The van der Waals surface area contributed by atoms with Crippen LogP contribution in [0.2, 0.25) is 0 Å². The van der Waals surface area contributed by atoms with Crippen LogP contribution in [0.1, 0.15) is 112 Å². The lowest BCUT2D eigenvalue weighted by Crippen LogP contribution is -2.67. The van der Waals surface area contributed by atoms with E-state index in [1.165, 1.54) is 5.57 Å². The molecule has 5 saturated carbocycles. The van der Waals surface area contributed by atoms with Crippen LogP contribution >= 0.6 is 0 Å². The summed E-state index contributed by atoms with van der Waals surface area (Å²) in [7, 11) is 0. The first-order valence-corrected chi connectivity index (χ1v) is 16.0. The molecule has 4 N–H and O–H groups in total. The van der Waals surface area contributed by atoms with Crippen molar-refractivity contribution in [2.45, 2.75) is 124 Å². The van der Waals surface area contributed by atoms with Crippen molar-refractivity contribution in [1.82, 2.24) is 0 Å². The molecule has 7 nitrogen and oxygen atoms in total. The molecule has 41 heavy (non-hydrogen) atoms. The lowest BCUT2D eigenvalue weighted by atomic mass is 9.32. The predicted octanol–water partition coefficient (Wildman–Crippen LogP) is 5.88. The Morgan fingerprint density at radius 2 is 1.59 bits per heavy atom. The van der Waals surface area contributed by atoms with Gasteiger partial charge in [0.15, 0.2) is 6.10 Å². The number of carbonyl (C=O) groups is 3. The summed E-state index contributed by atoms with van der Waals surface area (Å²) >= 11 is 0. The normalized spacial score (nSPS) is 47.1. The molecule has 0 aromatic rings. The summed E-state index contributed by atoms with van der Waals surface area (Å²) in [5.74, 6) is -0.134. The standard InChI is InChI=1S/C34H53NO6/c1-19(2)20-10-15-34(29(35)40)17-16-32(6)21(27(20)34)8-9-24-31(5)13-12-25(41-26(37)18-22(36)28(38)39)30(3,4)23(31)11-14-33(24,32)7/h20-25,27,36H,1,8-18H2,2-7H3,(H2,35,40)(H,38,39)/t20-,21+,22-,23-,24+,25-,27+,31-,32+,33+,34-/m0/s1. The lowest BCUT2D eigenvalue weighted by Gasteiger charge is -2.72. The number of hydrogen-bond donors (Lipinski definition) is 3. The van der Waals surface area contributed by atoms with Gasteiger partial charge in [-0.15, -0.1) is 0 Å². The van der Waals surface area contributed by atoms with Crippen molar-refractivity contribution in [3.05, 3.63) is 12.2 Å². The Labute approximate surface area is 246 Å². The number of fused-ring (bicyclic) bond motifs is 7. The van der Waals surface area contributed by atoms with Gasteiger partial charge in [-0.3, -0.25) is 9.59 Å². The van der Waals surface area contributed by atoms with Crippen LogP contribution in [0.25, 0.3) is 0 Å². The fourth-order valence-electron chi connectivity index (χ4n) is 12.2. The molecule has 0 spiro atoms. The van der Waals surface area contributed by atoms with E-state index in [1.54, 1.807) is 0 Å². The molecule has 5 aliphatic carbocycles. The number of carboxylic acids is 1. The van der Waals surface area contributed by atoms with Crippen molar-refractivity contribution < 1.29 is 29.3 Å². The Hall–Kier alpha value is -1.89. The van der Waals surface area contributed by atoms with Gasteiger partial charge in [0, 0.05) is 5.41 Å². The van der Waals surface area contributed by atoms with Gasteiger partial charge in [0.2, 0.25) is 5.91 Å². The highest BCUT2D eigenvalue weighted by Gasteiger charge is 2.71. The summed E-state index contributed by atoms with van der Waals surface area (Å²) in [6.45, 7) is 18.5. The molecule has 0 heterocycles. The Morgan fingerprint density at radius 3 is 2.20 bits per heavy atom. The number of allylic oxidation sites excluding steroid dienone is 1. The third-order valence-corrected chi connectivity index (χ3v) is 14.4. The molecule has 230 valence electrons. The van der Waals surface area contributed by atoms with Gasteiger partial charge in [0.05, 0.1) is 11.8 Å². The molecule has 7 heteroatoms. The highest BCUT2D eigenvalue weighted by Crippen LogP contribution is 2.77. The molecule has 5 fully saturated rings. The molecule has 5 aliphatic rings. The van der Waals surface area contributed by atoms with Gasteiger partial charge < -0.3 is 20.7 Å². The van der Waals surface area contributed by atoms with E-state index in [9.17, 15) is 19.5 Å². The summed E-state index contributed by atoms with van der Waals surface area (Å²) < 4.78 is 5.89. The molecule has 11 atom stereocenters. The fourth-order valence-corrected chi connectivity index (χ4v) is 12.2. The highest BCUT2D eigenvalue weighted by molar-refractivity contribution is 5.82. The number of aliphatic hydroxyl groups excluding tert-OH is 1. The van der Waals surface area contributed by atoms with E-state index in [-0.39, 0.29) is 39.6 Å². The predicted molar refractivity (Wildman–Crippen MR) is 156 cm³/mol. The quantitative estimate of drug-likeness (QED) is 0.270. The molecule has 0 bridgehead atoms. The van der Waals surface area contributed by atoms with Crippen molar-refractivity contribution in [1.29, 1.82) is 0 Å². The number of aliphatic carboxylic acids is 1. The number of ether oxygens (including phenoxy) is 1. The van der Waals surface area contributed by atoms with E-state index in [1.807, 2.05) is 0 Å². The summed E-state index contributed by atoms with van der Waals surface area (Å²) in [5, 5.41) is 18.7. The van der Waals surface area contributed by atoms with Crippen molar-refractivity contribution in [3.8, 4) is 0 Å². The SMILES string of the molecule is C=C(C)[C@@H]1CC[C@]2(C(N)=O)CC[C@]3(C)[C@H](CC[C@@H]4[C@@]5(C)CC[C@H](OC(=O)C[C@H](O)C(=O)O)C(C)(C)[C@@H]5CC[C@]43C)[C@@H]12. The van der Waals surface area contributed by atoms with E-state index >= 15 is 0 Å². The number of hydrogen-bond acceptors (Lipinski definition) is 5. The number of esters is 1. The van der Waals surface area contributed by atoms with Gasteiger partial charge in [0.25, 0.3) is 0 Å². The summed E-state index contributed by atoms with van der Waals surface area (Å²) in [6, 6.07) is 0. The molecule has 5 rings (SSSR count). The monoisotopic (exact) mass is 571 g/mol. The van der Waals surface area contributed by atoms with E-state index in [0.717, 1.165) is 64.2 Å². The first-order valence-electron chi connectivity index (χ1n) is 16.0. The van der Waals surface area contributed by atoms with E-state index in [2.05, 4.69) is 48.1 Å². The smallest absolute Gasteiger partial charge is 0.333 e. The van der Waals surface area contributed by atoms with Gasteiger partial charge in [-0.25, -0.2) is 4.79 Å². The first-order chi connectivity index (χ1) is 19.0. The van der Waals surface area contributed by atoms with Crippen LogP contribution in [0.15, 0.2) is 12.2 Å². The second-order valence-corrected chi connectivity index (χ2v) is 16.1. The fraction of sp³-hybridized carbons (Fsp3) is 0.853. The maximum atomic E-state index is 13.1. The zero-order valence-corrected chi connectivity index (χ0v) is 26.1. The van der Waals surface area contributed by atoms with Crippen molar-refractivity contribution in [2.24, 2.45) is 62.4 Å². The maximum absolute atomic E-state index is 13.1. The number of primary amides is 1. The van der Waals surface area contributed by atoms with Crippen LogP contribution in [-0.4, -0.2) is 40.3 Å². The van der Waals surface area contributed by atoms with Crippen LogP contribution in [0, 0.1) is 56.7 Å². The van der Waals surface area contributed by atoms with Crippen molar-refractivity contribution in [2.75, 3.05) is 0 Å². The topological polar surface area (TPSA) is 127 Å². The number of carbonyl (C=O) groups excluding carboxylic acids is 2. The largest absolute Gasteiger partial charge is 0.479 e. The molecule has 1 amide bonds. The van der Waals surface area contributed by atoms with Crippen molar-refractivity contribution in [3.63, 3.8) is 0 Å². The van der Waals surface area contributed by atoms with Crippen LogP contribution in [-0.2, 0) is 19.1 Å². The van der Waals surface area contributed by atoms with E-state index < -0.39 is 29.9 Å². The van der Waals surface area contributed by atoms with Gasteiger partial charge in [0.1, 0.15) is 6.10 Å². The molecule has 0 aromatic carbocycles. The maximum Gasteiger partial charge on any atom is 0.333 e. The minimum absolute atomic E-state index is 0.0929. The highest BCUT2D eigenvalue weighted by atomic mass is 16.5. The van der Waals surface area contributed by atoms with Crippen LogP contribution in [0.3, 0.4) is 0 Å². The zero-order valence-electron chi connectivity index (χ0n) is 26.1. The Morgan fingerprint density at radius 1 is 0.902 bits per heavy atom. The first kappa shape index (κ1) is 30.6. The van der Waals surface area contributed by atoms with Crippen molar-refractivity contribution >= 4 is 17.8 Å². The zero-order chi connectivity index (χ0) is 30.3. The average Bonchev–Trinajstić information content (AvgIpc) is 3.27. The van der Waals surface area contributed by atoms with Gasteiger partial charge in [-0.2, -0.15) is 0 Å². The summed E-state index contributed by atoms with van der Waals surface area (Å²) in [4.78, 5) is 36.7. The minimum Gasteiger partial charge on any atom is -0.479 e. The van der Waals surface area contributed by atoms with Crippen LogP contribution in [0.4, 0.5) is 0 Å². The molecular formula is C34H53NO6. The number of carboxylic acid groups (broad SMARTS) is 1. The Bertz CT molecular complexity index is 1130. The van der Waals surface area contributed by atoms with Gasteiger partial charge >= 0.3 is 11.9 Å². The third-order valence-electron chi connectivity index (χ3n) is 14.4. The van der Waals surface area contributed by atoms with Gasteiger partial charge in [-0.1, -0.05) is 46.8 Å². The molecule has 0 aliphatic heterocycles. The molecule has 0 unspecified atom stereocenters. The summed E-state index contributed by atoms with van der Waals surface area (Å²) in [5.41, 5.74) is 7.11. The number of nitrogens with two attached hydrogens (primary N) is 1.